The van der Waals surface area contributed by atoms with Crippen molar-refractivity contribution in [2.24, 2.45) is 4.99 Å². The molecule has 27 heavy (non-hydrogen) atoms. The third-order valence-electron chi connectivity index (χ3n) is 4.27. The normalized spacial score (nSPS) is 15.5. The van der Waals surface area contributed by atoms with Gasteiger partial charge in [-0.15, -0.1) is 35.7 Å². The van der Waals surface area contributed by atoms with Gasteiger partial charge in [0, 0.05) is 62.7 Å². The Morgan fingerprint density at radius 3 is 2.59 bits per heavy atom. The molecular weight excluding hydrogens is 497 g/mol. The van der Waals surface area contributed by atoms with Crippen LogP contribution in [0.5, 0.6) is 0 Å². The Labute approximate surface area is 189 Å². The molecule has 0 aliphatic carbocycles. The second-order valence-corrected chi connectivity index (χ2v) is 7.78. The number of benzene rings is 1. The van der Waals surface area contributed by atoms with Crippen LogP contribution >= 0.6 is 47.3 Å². The van der Waals surface area contributed by atoms with Gasteiger partial charge in [0.25, 0.3) is 0 Å². The lowest BCUT2D eigenvalue weighted by atomic mass is 10.1. The molecule has 0 unspecified atom stereocenters. The van der Waals surface area contributed by atoms with Crippen molar-refractivity contribution in [3.8, 4) is 0 Å². The van der Waals surface area contributed by atoms with E-state index in [9.17, 15) is 0 Å². The summed E-state index contributed by atoms with van der Waals surface area (Å²) in [5.41, 5.74) is 0. The zero-order valence-electron chi connectivity index (χ0n) is 16.2. The molecule has 1 saturated heterocycles. The molecule has 1 aromatic carbocycles. The van der Waals surface area contributed by atoms with E-state index in [1.807, 2.05) is 30.9 Å². The first-order valence-electron chi connectivity index (χ1n) is 9.17. The van der Waals surface area contributed by atoms with Crippen LogP contribution in [0.25, 0.3) is 0 Å². The van der Waals surface area contributed by atoms with Gasteiger partial charge >= 0.3 is 0 Å². The van der Waals surface area contributed by atoms with Crippen LogP contribution in [0.3, 0.4) is 0 Å². The first-order chi connectivity index (χ1) is 12.7. The molecule has 154 valence electrons. The van der Waals surface area contributed by atoms with Gasteiger partial charge in [0.1, 0.15) is 0 Å². The van der Waals surface area contributed by atoms with E-state index >= 15 is 0 Å². The number of likely N-dealkylation sites (tertiary alicyclic amines) is 1. The third kappa shape index (κ3) is 9.69. The Morgan fingerprint density at radius 1 is 1.26 bits per heavy atom. The number of thioether (sulfide) groups is 1. The van der Waals surface area contributed by atoms with Gasteiger partial charge in [-0.3, -0.25) is 4.99 Å². The zero-order valence-corrected chi connectivity index (χ0v) is 20.1. The van der Waals surface area contributed by atoms with E-state index in [4.69, 9.17) is 21.1 Å². The molecule has 1 N–H and O–H groups in total. The number of nitrogens with zero attached hydrogens (tertiary/aromatic N) is 2. The average molecular weight is 528 g/mol. The lowest BCUT2D eigenvalue weighted by Gasteiger charge is -2.34. The summed E-state index contributed by atoms with van der Waals surface area (Å²) in [5, 5.41) is 4.24. The highest BCUT2D eigenvalue weighted by Gasteiger charge is 2.21. The van der Waals surface area contributed by atoms with Crippen molar-refractivity contribution in [2.45, 2.75) is 30.3 Å². The van der Waals surface area contributed by atoms with Gasteiger partial charge in [-0.05, 0) is 43.5 Å². The molecule has 0 aromatic heterocycles. The summed E-state index contributed by atoms with van der Waals surface area (Å²) in [7, 11) is 3.58. The Kier molecular flexibility index (Phi) is 13.5. The quantitative estimate of drug-likeness (QED) is 0.172. The molecule has 8 heteroatoms. The summed E-state index contributed by atoms with van der Waals surface area (Å²) in [5.74, 6) is 1.97. The minimum absolute atomic E-state index is 0. The SMILES string of the molecule is CN=C(NCCSc1ccc(Cl)cc1)N1CCC(OCCCOC)CC1.I. The highest BCUT2D eigenvalue weighted by atomic mass is 127. The number of aliphatic imine (C=N–C) groups is 1. The maximum atomic E-state index is 5.92. The molecule has 1 aliphatic heterocycles. The Hall–Kier alpha value is -0.220. The van der Waals surface area contributed by atoms with E-state index in [0.29, 0.717) is 6.10 Å². The minimum atomic E-state index is 0. The Bertz CT molecular complexity index is 540. The molecule has 5 nitrogen and oxygen atoms in total. The highest BCUT2D eigenvalue weighted by molar-refractivity contribution is 14.0. The molecule has 0 saturated carbocycles. The molecule has 1 aliphatic rings. The summed E-state index contributed by atoms with van der Waals surface area (Å²) < 4.78 is 11.0. The van der Waals surface area contributed by atoms with Crippen LogP contribution in [0.4, 0.5) is 0 Å². The second-order valence-electron chi connectivity index (χ2n) is 6.18. The Balaban J connectivity index is 0.00000364. The fourth-order valence-electron chi connectivity index (χ4n) is 2.88. The van der Waals surface area contributed by atoms with Crippen LogP contribution in [0.2, 0.25) is 5.02 Å². The van der Waals surface area contributed by atoms with Gasteiger partial charge in [-0.1, -0.05) is 11.6 Å². The van der Waals surface area contributed by atoms with Gasteiger partial charge < -0.3 is 19.7 Å². The van der Waals surface area contributed by atoms with Crippen LogP contribution in [-0.4, -0.2) is 69.7 Å². The van der Waals surface area contributed by atoms with Crippen LogP contribution in [0, 0.1) is 0 Å². The van der Waals surface area contributed by atoms with Crippen molar-refractivity contribution in [3.63, 3.8) is 0 Å². The molecule has 1 aromatic rings. The number of methoxy groups -OCH3 is 1. The summed E-state index contributed by atoms with van der Waals surface area (Å²) in [6.07, 6.45) is 3.42. The maximum Gasteiger partial charge on any atom is 0.193 e. The lowest BCUT2D eigenvalue weighted by Crippen LogP contribution is -2.47. The number of hydrogen-bond donors (Lipinski definition) is 1. The predicted molar refractivity (Wildman–Crippen MR) is 126 cm³/mol. The van der Waals surface area contributed by atoms with E-state index in [1.54, 1.807) is 7.11 Å². The number of hydrogen-bond acceptors (Lipinski definition) is 4. The molecule has 1 fully saturated rings. The Morgan fingerprint density at radius 2 is 1.96 bits per heavy atom. The highest BCUT2D eigenvalue weighted by Crippen LogP contribution is 2.20. The van der Waals surface area contributed by atoms with Crippen molar-refractivity contribution in [2.75, 3.05) is 52.8 Å². The van der Waals surface area contributed by atoms with Gasteiger partial charge in [-0.2, -0.15) is 0 Å². The number of halogens is 2. The number of ether oxygens (including phenoxy) is 2. The number of piperidine rings is 1. The molecule has 2 rings (SSSR count). The first kappa shape index (κ1) is 24.8. The van der Waals surface area contributed by atoms with Crippen molar-refractivity contribution < 1.29 is 9.47 Å². The summed E-state index contributed by atoms with van der Waals surface area (Å²) in [6.45, 7) is 4.40. The summed E-state index contributed by atoms with van der Waals surface area (Å²) in [6, 6.07) is 7.97. The molecule has 0 atom stereocenters. The van der Waals surface area contributed by atoms with Crippen LogP contribution < -0.4 is 5.32 Å². The lowest BCUT2D eigenvalue weighted by molar-refractivity contribution is 0.00993. The first-order valence-corrected chi connectivity index (χ1v) is 10.5. The van der Waals surface area contributed by atoms with Crippen molar-refractivity contribution in [3.05, 3.63) is 29.3 Å². The standard InChI is InChI=1S/C19H30ClN3O2S.HI/c1-21-19(22-10-15-26-18-6-4-16(20)5-7-18)23-11-8-17(9-12-23)25-14-3-13-24-2;/h4-7,17H,3,8-15H2,1-2H3,(H,21,22);1H. The van der Waals surface area contributed by atoms with Crippen LogP contribution in [-0.2, 0) is 9.47 Å². The van der Waals surface area contributed by atoms with Crippen LogP contribution in [0.15, 0.2) is 34.2 Å². The van der Waals surface area contributed by atoms with Gasteiger partial charge in [0.05, 0.1) is 6.10 Å². The third-order valence-corrected chi connectivity index (χ3v) is 5.53. The van der Waals surface area contributed by atoms with E-state index in [-0.39, 0.29) is 24.0 Å². The fraction of sp³-hybridized carbons (Fsp3) is 0.632. The molecule has 1 heterocycles. The molecule has 0 amide bonds. The predicted octanol–water partition coefficient (Wildman–Crippen LogP) is 4.14. The molecular formula is C19H31ClIN3O2S. The largest absolute Gasteiger partial charge is 0.385 e. The summed E-state index contributed by atoms with van der Waals surface area (Å²) >= 11 is 7.73. The van der Waals surface area contributed by atoms with Gasteiger partial charge in [-0.25, -0.2) is 0 Å². The summed E-state index contributed by atoms with van der Waals surface area (Å²) in [4.78, 5) is 7.98. The minimum Gasteiger partial charge on any atom is -0.385 e. The average Bonchev–Trinajstić information content (AvgIpc) is 2.67. The van der Waals surface area contributed by atoms with Gasteiger partial charge in [0.2, 0.25) is 0 Å². The van der Waals surface area contributed by atoms with E-state index in [2.05, 4.69) is 27.3 Å². The van der Waals surface area contributed by atoms with E-state index < -0.39 is 0 Å². The fourth-order valence-corrected chi connectivity index (χ4v) is 3.78. The molecule has 0 radical (unpaired) electrons. The van der Waals surface area contributed by atoms with Crippen molar-refractivity contribution in [1.29, 1.82) is 0 Å². The van der Waals surface area contributed by atoms with E-state index in [0.717, 1.165) is 68.8 Å². The zero-order chi connectivity index (χ0) is 18.6. The number of nitrogens with one attached hydrogen (secondary N) is 1. The monoisotopic (exact) mass is 527 g/mol. The number of rotatable bonds is 9. The van der Waals surface area contributed by atoms with Gasteiger partial charge in [0.15, 0.2) is 5.96 Å². The number of guanidine groups is 1. The maximum absolute atomic E-state index is 5.92. The van der Waals surface area contributed by atoms with E-state index in [1.165, 1.54) is 4.90 Å². The second kappa shape index (κ2) is 14.7. The molecule has 0 spiro atoms. The smallest absolute Gasteiger partial charge is 0.193 e. The topological polar surface area (TPSA) is 46.1 Å². The van der Waals surface area contributed by atoms with Crippen molar-refractivity contribution >= 4 is 53.3 Å². The van der Waals surface area contributed by atoms with Crippen molar-refractivity contribution in [1.82, 2.24) is 10.2 Å². The molecule has 0 bridgehead atoms. The van der Waals surface area contributed by atoms with Crippen LogP contribution in [0.1, 0.15) is 19.3 Å².